The number of nitrogens with zero attached hydrogens (tertiary/aromatic N) is 1. The molecular formula is C17H27NO2. The maximum absolute atomic E-state index is 7.32. The summed E-state index contributed by atoms with van der Waals surface area (Å²) in [6.07, 6.45) is 3.71. The van der Waals surface area contributed by atoms with Gasteiger partial charge in [-0.1, -0.05) is 13.8 Å². The third-order valence-electron chi connectivity index (χ3n) is 3.93. The van der Waals surface area contributed by atoms with Crippen LogP contribution in [0, 0.1) is 0 Å². The van der Waals surface area contributed by atoms with Crippen molar-refractivity contribution in [1.82, 2.24) is 4.90 Å². The Morgan fingerprint density at radius 1 is 1.05 bits per heavy atom. The maximum Gasteiger partial charge on any atom is 0.161 e. The van der Waals surface area contributed by atoms with Gasteiger partial charge in [0.15, 0.2) is 11.5 Å². The lowest BCUT2D eigenvalue weighted by Gasteiger charge is -2.27. The molecule has 112 valence electrons. The molecule has 0 radical (unpaired) electrons. The van der Waals surface area contributed by atoms with Crippen LogP contribution >= 0.6 is 0 Å². The summed E-state index contributed by atoms with van der Waals surface area (Å²) >= 11 is 0. The molecule has 1 aliphatic carbocycles. The van der Waals surface area contributed by atoms with Gasteiger partial charge in [-0.2, -0.15) is 0 Å². The van der Waals surface area contributed by atoms with Crippen LogP contribution in [0.3, 0.4) is 0 Å². The van der Waals surface area contributed by atoms with Crippen molar-refractivity contribution < 1.29 is 17.7 Å². The highest BCUT2D eigenvalue weighted by Gasteiger charge is 2.27. The van der Waals surface area contributed by atoms with E-state index in [1.54, 1.807) is 12.1 Å². The van der Waals surface area contributed by atoms with Crippen LogP contribution in [0.25, 0.3) is 0 Å². The van der Waals surface area contributed by atoms with Crippen LogP contribution in [0.1, 0.15) is 46.0 Å². The molecule has 0 amide bonds. The van der Waals surface area contributed by atoms with E-state index < -0.39 is 14.1 Å². The molecule has 0 saturated heterocycles. The quantitative estimate of drug-likeness (QED) is 0.766. The summed E-state index contributed by atoms with van der Waals surface area (Å²) in [5, 5.41) is 0. The highest BCUT2D eigenvalue weighted by Crippen LogP contribution is 2.36. The number of rotatable bonds is 7. The monoisotopic (exact) mass is 283 g/mol. The SMILES string of the molecule is [2H]C([2H])([2H])Oc1cc2c(cc1OC([2H])([2H])[2H])CC(N(CCC)CCC)C2. The zero-order chi connectivity index (χ0) is 19.5. The van der Waals surface area contributed by atoms with Crippen LogP contribution in [-0.4, -0.2) is 38.1 Å². The summed E-state index contributed by atoms with van der Waals surface area (Å²) in [5.41, 5.74) is 1.98. The molecule has 0 unspecified atom stereocenters. The predicted octanol–water partition coefficient (Wildman–Crippen LogP) is 3.29. The van der Waals surface area contributed by atoms with E-state index in [0.717, 1.165) is 49.9 Å². The smallest absolute Gasteiger partial charge is 0.161 e. The van der Waals surface area contributed by atoms with E-state index in [-0.39, 0.29) is 11.5 Å². The lowest BCUT2D eigenvalue weighted by molar-refractivity contribution is 0.202. The van der Waals surface area contributed by atoms with Gasteiger partial charge in [0, 0.05) is 6.04 Å². The van der Waals surface area contributed by atoms with Crippen molar-refractivity contribution in [2.24, 2.45) is 0 Å². The Bertz CT molecular complexity index is 563. The van der Waals surface area contributed by atoms with Gasteiger partial charge in [0.05, 0.1) is 22.3 Å². The summed E-state index contributed by atoms with van der Waals surface area (Å²) in [7, 11) is -5.34. The first-order valence-electron chi connectivity index (χ1n) is 10.3. The number of methoxy groups -OCH3 is 2. The largest absolute Gasteiger partial charge is 0.493 e. The molecule has 3 heteroatoms. The van der Waals surface area contributed by atoms with Gasteiger partial charge in [-0.15, -0.1) is 0 Å². The molecule has 0 fully saturated rings. The maximum atomic E-state index is 7.32. The average molecular weight is 283 g/mol. The van der Waals surface area contributed by atoms with Crippen molar-refractivity contribution in [2.45, 2.75) is 45.6 Å². The molecule has 1 aromatic rings. The van der Waals surface area contributed by atoms with Crippen molar-refractivity contribution in [3.8, 4) is 11.5 Å². The Morgan fingerprint density at radius 3 is 1.95 bits per heavy atom. The number of hydrogen-bond donors (Lipinski definition) is 0. The third kappa shape index (κ3) is 3.09. The van der Waals surface area contributed by atoms with Gasteiger partial charge in [0.2, 0.25) is 0 Å². The minimum absolute atomic E-state index is 0.0435. The number of benzene rings is 1. The van der Waals surface area contributed by atoms with Gasteiger partial charge in [-0.25, -0.2) is 0 Å². The minimum atomic E-state index is -2.67. The highest BCUT2D eigenvalue weighted by atomic mass is 16.5. The molecule has 0 bridgehead atoms. The standard InChI is InChI=1S/C17H27NO2/c1-5-7-18(8-6-2)15-9-13-11-16(19-3)17(20-4)12-14(13)10-15/h11-12,15H,5-10H2,1-4H3/i3D3,4D3. The van der Waals surface area contributed by atoms with Crippen molar-refractivity contribution in [3.05, 3.63) is 23.3 Å². The van der Waals surface area contributed by atoms with Gasteiger partial charge >= 0.3 is 0 Å². The van der Waals surface area contributed by atoms with E-state index in [1.165, 1.54) is 0 Å². The lowest BCUT2D eigenvalue weighted by Crippen LogP contribution is -2.37. The molecule has 0 N–H and O–H groups in total. The zero-order valence-electron chi connectivity index (χ0n) is 18.2. The summed E-state index contributed by atoms with van der Waals surface area (Å²) < 4.78 is 53.9. The number of ether oxygens (including phenoxy) is 2. The molecule has 3 nitrogen and oxygen atoms in total. The second-order valence-corrected chi connectivity index (χ2v) is 5.37. The van der Waals surface area contributed by atoms with E-state index >= 15 is 0 Å². The van der Waals surface area contributed by atoms with Gasteiger partial charge in [-0.3, -0.25) is 4.90 Å². The van der Waals surface area contributed by atoms with Crippen molar-refractivity contribution in [1.29, 1.82) is 0 Å². The van der Waals surface area contributed by atoms with Crippen LogP contribution in [0.15, 0.2) is 12.1 Å². The van der Waals surface area contributed by atoms with E-state index in [2.05, 4.69) is 18.7 Å². The van der Waals surface area contributed by atoms with Gasteiger partial charge in [0.25, 0.3) is 0 Å². The van der Waals surface area contributed by atoms with Crippen molar-refractivity contribution >= 4 is 0 Å². The first kappa shape index (κ1) is 8.93. The number of fused-ring (bicyclic) bond motifs is 1. The van der Waals surface area contributed by atoms with Crippen LogP contribution in [0.4, 0.5) is 0 Å². The Morgan fingerprint density at radius 2 is 1.55 bits per heavy atom. The molecule has 0 atom stereocenters. The third-order valence-corrected chi connectivity index (χ3v) is 3.93. The first-order valence-corrected chi connectivity index (χ1v) is 7.30. The highest BCUT2D eigenvalue weighted by molar-refractivity contribution is 5.49. The van der Waals surface area contributed by atoms with Gasteiger partial charge in [0.1, 0.15) is 0 Å². The molecule has 1 aromatic carbocycles. The van der Waals surface area contributed by atoms with Crippen molar-refractivity contribution in [2.75, 3.05) is 27.2 Å². The number of hydrogen-bond acceptors (Lipinski definition) is 3. The Hall–Kier alpha value is -1.22. The van der Waals surface area contributed by atoms with Crippen molar-refractivity contribution in [3.63, 3.8) is 0 Å². The van der Waals surface area contributed by atoms with E-state index in [0.29, 0.717) is 6.04 Å². The van der Waals surface area contributed by atoms with E-state index in [4.69, 9.17) is 17.7 Å². The molecule has 0 saturated carbocycles. The van der Waals surface area contributed by atoms with Gasteiger partial charge in [-0.05, 0) is 62.0 Å². The predicted molar refractivity (Wildman–Crippen MR) is 82.9 cm³/mol. The summed E-state index contributed by atoms with van der Waals surface area (Å²) in [5.74, 6) is -0.0869. The summed E-state index contributed by atoms with van der Waals surface area (Å²) in [4.78, 5) is 2.44. The molecule has 0 spiro atoms. The Labute approximate surface area is 131 Å². The Balaban J connectivity index is 2.30. The fourth-order valence-corrected chi connectivity index (χ4v) is 3.07. The fourth-order valence-electron chi connectivity index (χ4n) is 3.07. The molecule has 1 aliphatic rings. The lowest BCUT2D eigenvalue weighted by atomic mass is 10.1. The van der Waals surface area contributed by atoms with Crippen LogP contribution in [-0.2, 0) is 12.8 Å². The average Bonchev–Trinajstić information content (AvgIpc) is 2.87. The van der Waals surface area contributed by atoms with E-state index in [1.807, 2.05) is 0 Å². The first-order chi connectivity index (χ1) is 12.0. The molecule has 0 aliphatic heterocycles. The second-order valence-electron chi connectivity index (χ2n) is 5.37. The topological polar surface area (TPSA) is 21.7 Å². The fraction of sp³-hybridized carbons (Fsp3) is 0.647. The molecular weight excluding hydrogens is 250 g/mol. The summed E-state index contributed by atoms with van der Waals surface area (Å²) in [6, 6.07) is 3.58. The van der Waals surface area contributed by atoms with Crippen LogP contribution in [0.5, 0.6) is 11.5 Å². The normalized spacial score (nSPS) is 20.4. The molecule has 0 heterocycles. The van der Waals surface area contributed by atoms with Crippen LogP contribution < -0.4 is 9.47 Å². The van der Waals surface area contributed by atoms with Gasteiger partial charge < -0.3 is 9.47 Å². The Kier molecular flexibility index (Phi) is 3.12. The zero-order valence-corrected chi connectivity index (χ0v) is 12.2. The molecule has 0 aromatic heterocycles. The second kappa shape index (κ2) is 6.98. The molecule has 20 heavy (non-hydrogen) atoms. The minimum Gasteiger partial charge on any atom is -0.493 e. The van der Waals surface area contributed by atoms with Crippen LogP contribution in [0.2, 0.25) is 0 Å². The van der Waals surface area contributed by atoms with E-state index in [9.17, 15) is 0 Å². The molecule has 2 rings (SSSR count). The summed E-state index contributed by atoms with van der Waals surface area (Å²) in [6.45, 7) is 6.30.